The maximum Gasteiger partial charge on any atom is 0.417 e. The Bertz CT molecular complexity index is 1210. The van der Waals surface area contributed by atoms with E-state index in [9.17, 15) is 13.2 Å². The summed E-state index contributed by atoms with van der Waals surface area (Å²) < 4.78 is 38.1. The van der Waals surface area contributed by atoms with Gasteiger partial charge >= 0.3 is 5.76 Å². The molecule has 1 aliphatic rings. The molecule has 1 aliphatic heterocycles. The van der Waals surface area contributed by atoms with Crippen LogP contribution in [0.5, 0.6) is 5.88 Å². The number of hydrogen-bond acceptors (Lipinski definition) is 7. The number of benzene rings is 1. The molecule has 1 aromatic carbocycles. The van der Waals surface area contributed by atoms with Gasteiger partial charge in [0, 0.05) is 36.6 Å². The molecule has 2 aromatic heterocycles. The van der Waals surface area contributed by atoms with Gasteiger partial charge in [0.2, 0.25) is 15.9 Å². The van der Waals surface area contributed by atoms with Crippen LogP contribution in [-0.4, -0.2) is 47.6 Å². The average molecular weight is 433 g/mol. The van der Waals surface area contributed by atoms with Crippen molar-refractivity contribution in [3.63, 3.8) is 0 Å². The molecule has 1 saturated heterocycles. The fraction of sp³-hybridized carbons (Fsp3) is 0.450. The summed E-state index contributed by atoms with van der Waals surface area (Å²) in [5.74, 6) is -0.133. The molecule has 9 nitrogen and oxygen atoms in total. The van der Waals surface area contributed by atoms with Crippen LogP contribution >= 0.6 is 0 Å². The Hall–Kier alpha value is -2.72. The molecular formula is C20H24N4O5S. The monoisotopic (exact) mass is 432 g/mol. The van der Waals surface area contributed by atoms with Gasteiger partial charge in [0.05, 0.1) is 22.7 Å². The summed E-state index contributed by atoms with van der Waals surface area (Å²) in [6.07, 6.45) is 0.689. The molecule has 0 saturated carbocycles. The summed E-state index contributed by atoms with van der Waals surface area (Å²) in [5.41, 5.74) is 1.48. The summed E-state index contributed by atoms with van der Waals surface area (Å²) in [6, 6.07) is 8.06. The predicted molar refractivity (Wildman–Crippen MR) is 110 cm³/mol. The van der Waals surface area contributed by atoms with Gasteiger partial charge in [-0.05, 0) is 24.6 Å². The lowest BCUT2D eigenvalue weighted by Crippen LogP contribution is -2.29. The van der Waals surface area contributed by atoms with Crippen molar-refractivity contribution in [2.75, 3.05) is 19.7 Å². The molecule has 3 heterocycles. The van der Waals surface area contributed by atoms with Crippen LogP contribution in [-0.2, 0) is 15.4 Å². The molecule has 30 heavy (non-hydrogen) atoms. The second-order valence-electron chi connectivity index (χ2n) is 8.51. The van der Waals surface area contributed by atoms with Crippen molar-refractivity contribution in [2.45, 2.75) is 37.5 Å². The minimum Gasteiger partial charge on any atom is -0.476 e. The largest absolute Gasteiger partial charge is 0.476 e. The third-order valence-corrected chi connectivity index (χ3v) is 7.02. The van der Waals surface area contributed by atoms with Gasteiger partial charge in [0.1, 0.15) is 0 Å². The molecule has 3 aromatic rings. The minimum absolute atomic E-state index is 0.0535. The Labute approximate surface area is 174 Å². The standard InChI is InChI=1S/C20H24N4O5S/c1-20(2,3)17-6-7-18(23-22-17)28-12-13-8-9-24(11-13)30(26,27)14-4-5-15-16(10-14)29-19(25)21-15/h4-7,10,13H,8-9,11-12H2,1-3H3,(H,21,25). The number of aromatic amines is 1. The molecule has 0 radical (unpaired) electrons. The summed E-state index contributed by atoms with van der Waals surface area (Å²) in [7, 11) is -3.68. The summed E-state index contributed by atoms with van der Waals surface area (Å²) >= 11 is 0. The molecule has 1 fully saturated rings. The number of nitrogens with one attached hydrogen (secondary N) is 1. The number of hydrogen-bond donors (Lipinski definition) is 1. The van der Waals surface area contributed by atoms with Gasteiger partial charge in [-0.3, -0.25) is 4.98 Å². The molecule has 1 atom stereocenters. The number of oxazole rings is 1. The van der Waals surface area contributed by atoms with Crippen LogP contribution in [0.15, 0.2) is 44.4 Å². The molecule has 0 bridgehead atoms. The lowest BCUT2D eigenvalue weighted by Gasteiger charge is -2.18. The first kappa shape index (κ1) is 20.5. The van der Waals surface area contributed by atoms with E-state index in [0.29, 0.717) is 37.5 Å². The second-order valence-corrected chi connectivity index (χ2v) is 10.4. The number of aromatic nitrogens is 3. The van der Waals surface area contributed by atoms with Crippen LogP contribution in [0.1, 0.15) is 32.9 Å². The molecule has 0 aliphatic carbocycles. The van der Waals surface area contributed by atoms with Gasteiger partial charge < -0.3 is 9.15 Å². The molecule has 1 N–H and O–H groups in total. The Kier molecular flexibility index (Phi) is 5.15. The zero-order chi connectivity index (χ0) is 21.5. The molecule has 4 rings (SSSR count). The third kappa shape index (κ3) is 4.10. The van der Waals surface area contributed by atoms with E-state index in [-0.39, 0.29) is 21.8 Å². The maximum absolute atomic E-state index is 13.0. The van der Waals surface area contributed by atoms with Gasteiger partial charge in [-0.1, -0.05) is 20.8 Å². The maximum atomic E-state index is 13.0. The minimum atomic E-state index is -3.68. The van der Waals surface area contributed by atoms with Crippen LogP contribution in [0.25, 0.3) is 11.1 Å². The SMILES string of the molecule is CC(C)(C)c1ccc(OCC2CCN(S(=O)(=O)c3ccc4[nH]c(=O)oc4c3)C2)nn1. The van der Waals surface area contributed by atoms with Gasteiger partial charge in [0.25, 0.3) is 0 Å². The van der Waals surface area contributed by atoms with Crippen LogP contribution in [0.3, 0.4) is 0 Å². The summed E-state index contributed by atoms with van der Waals surface area (Å²) in [6.45, 7) is 7.30. The average Bonchev–Trinajstić information content (AvgIpc) is 3.31. The molecule has 0 amide bonds. The molecule has 0 spiro atoms. The first-order valence-corrected chi connectivity index (χ1v) is 11.2. The number of nitrogens with zero attached hydrogens (tertiary/aromatic N) is 3. The van der Waals surface area contributed by atoms with Crippen molar-refractivity contribution in [2.24, 2.45) is 5.92 Å². The van der Waals surface area contributed by atoms with Crippen LogP contribution in [0.2, 0.25) is 0 Å². The summed E-state index contributed by atoms with van der Waals surface area (Å²) in [4.78, 5) is 13.9. The molecule has 1 unspecified atom stereocenters. The van der Waals surface area contributed by atoms with Crippen LogP contribution < -0.4 is 10.5 Å². The second kappa shape index (κ2) is 7.51. The first-order valence-electron chi connectivity index (χ1n) is 9.73. The summed E-state index contributed by atoms with van der Waals surface area (Å²) in [5, 5.41) is 8.31. The van der Waals surface area contributed by atoms with E-state index in [1.54, 1.807) is 6.07 Å². The van der Waals surface area contributed by atoms with Crippen molar-refractivity contribution >= 4 is 21.1 Å². The number of sulfonamides is 1. The highest BCUT2D eigenvalue weighted by Gasteiger charge is 2.33. The number of fused-ring (bicyclic) bond motifs is 1. The number of ether oxygens (including phenoxy) is 1. The highest BCUT2D eigenvalue weighted by atomic mass is 32.2. The van der Waals surface area contributed by atoms with E-state index in [0.717, 1.165) is 5.69 Å². The fourth-order valence-corrected chi connectivity index (χ4v) is 4.93. The predicted octanol–water partition coefficient (Wildman–Crippen LogP) is 2.30. The Balaban J connectivity index is 1.40. The Morgan fingerprint density at radius 3 is 2.73 bits per heavy atom. The quantitative estimate of drug-likeness (QED) is 0.657. The normalized spacial score (nSPS) is 18.2. The van der Waals surface area contributed by atoms with Gasteiger partial charge in [-0.25, -0.2) is 13.2 Å². The topological polar surface area (TPSA) is 118 Å². The fourth-order valence-electron chi connectivity index (χ4n) is 3.39. The Morgan fingerprint density at radius 1 is 1.23 bits per heavy atom. The smallest absolute Gasteiger partial charge is 0.417 e. The van der Waals surface area contributed by atoms with Gasteiger partial charge in [-0.15, -0.1) is 5.10 Å². The highest BCUT2D eigenvalue weighted by Crippen LogP contribution is 2.27. The van der Waals surface area contributed by atoms with E-state index in [2.05, 4.69) is 36.0 Å². The lowest BCUT2D eigenvalue weighted by molar-refractivity contribution is 0.243. The van der Waals surface area contributed by atoms with E-state index in [4.69, 9.17) is 9.15 Å². The van der Waals surface area contributed by atoms with Gasteiger partial charge in [0.15, 0.2) is 5.58 Å². The van der Waals surface area contributed by atoms with Crippen LogP contribution in [0.4, 0.5) is 0 Å². The van der Waals surface area contributed by atoms with E-state index in [1.807, 2.05) is 6.07 Å². The van der Waals surface area contributed by atoms with Crippen molar-refractivity contribution in [3.05, 3.63) is 46.6 Å². The number of rotatable bonds is 5. The third-order valence-electron chi connectivity index (χ3n) is 5.15. The van der Waals surface area contributed by atoms with E-state index in [1.165, 1.54) is 22.5 Å². The zero-order valence-electron chi connectivity index (χ0n) is 17.1. The molecular weight excluding hydrogens is 408 g/mol. The van der Waals surface area contributed by atoms with Crippen molar-refractivity contribution in [3.8, 4) is 5.88 Å². The lowest BCUT2D eigenvalue weighted by atomic mass is 9.92. The van der Waals surface area contributed by atoms with E-state index >= 15 is 0 Å². The molecule has 10 heteroatoms. The number of H-pyrrole nitrogens is 1. The first-order chi connectivity index (χ1) is 14.1. The van der Waals surface area contributed by atoms with Crippen LogP contribution in [0, 0.1) is 5.92 Å². The van der Waals surface area contributed by atoms with Crippen molar-refractivity contribution in [1.82, 2.24) is 19.5 Å². The zero-order valence-corrected chi connectivity index (χ0v) is 17.9. The van der Waals surface area contributed by atoms with Crippen molar-refractivity contribution < 1.29 is 17.6 Å². The van der Waals surface area contributed by atoms with E-state index < -0.39 is 15.8 Å². The molecule has 160 valence electrons. The Morgan fingerprint density at radius 2 is 2.03 bits per heavy atom. The highest BCUT2D eigenvalue weighted by molar-refractivity contribution is 7.89. The van der Waals surface area contributed by atoms with Crippen molar-refractivity contribution in [1.29, 1.82) is 0 Å². The van der Waals surface area contributed by atoms with Gasteiger partial charge in [-0.2, -0.15) is 9.40 Å².